The fourth-order valence-corrected chi connectivity index (χ4v) is 1.61. The Morgan fingerprint density at radius 2 is 0.667 bits per heavy atom. The van der Waals surface area contributed by atoms with Gasteiger partial charge in [0.2, 0.25) is 0 Å². The highest BCUT2D eigenvalue weighted by atomic mass is 16.6. The maximum absolute atomic E-state index is 10.8. The molecule has 0 N–H and O–H groups in total. The number of rotatable bonds is 10. The van der Waals surface area contributed by atoms with E-state index in [9.17, 15) is 28.8 Å². The normalized spacial score (nSPS) is 9.64. The van der Waals surface area contributed by atoms with Gasteiger partial charge in [0.25, 0.3) is 0 Å². The van der Waals surface area contributed by atoms with E-state index in [4.69, 9.17) is 0 Å². The maximum atomic E-state index is 10.8. The quantitative estimate of drug-likeness (QED) is 0.251. The molecule has 0 saturated heterocycles. The van der Waals surface area contributed by atoms with E-state index < -0.39 is 35.8 Å². The molecular weight excluding hydrogens is 432 g/mol. The number of esters is 6. The van der Waals surface area contributed by atoms with E-state index >= 15 is 0 Å². The van der Waals surface area contributed by atoms with Gasteiger partial charge >= 0.3 is 35.8 Å². The molecule has 0 fully saturated rings. The van der Waals surface area contributed by atoms with Crippen molar-refractivity contribution >= 4 is 35.8 Å². The van der Waals surface area contributed by atoms with Crippen LogP contribution in [0.3, 0.4) is 0 Å². The lowest BCUT2D eigenvalue weighted by molar-refractivity contribution is -0.165. The molecule has 0 heterocycles. The summed E-state index contributed by atoms with van der Waals surface area (Å²) >= 11 is 0. The molecule has 0 amide bonds. The predicted octanol–water partition coefficient (Wildman–Crippen LogP) is 4.68. The average molecular weight is 475 g/mol. The molecule has 0 aromatic heterocycles. The molecule has 0 rings (SSSR count). The van der Waals surface area contributed by atoms with Crippen LogP contribution in [0.2, 0.25) is 0 Å². The molecule has 0 aromatic carbocycles. The highest BCUT2D eigenvalue weighted by Gasteiger charge is 2.16. The van der Waals surface area contributed by atoms with Crippen LogP contribution in [0.15, 0.2) is 0 Å². The topological polar surface area (TPSA) is 130 Å². The Morgan fingerprint density at radius 1 is 0.455 bits per heavy atom. The Balaban J connectivity index is -0.000000409. The second-order valence-corrected chi connectivity index (χ2v) is 7.74. The molecule has 33 heavy (non-hydrogen) atoms. The minimum Gasteiger partial charge on any atom is -0.393 e. The van der Waals surface area contributed by atoms with Crippen LogP contribution in [0, 0.1) is 11.8 Å². The molecule has 0 aliphatic rings. The summed E-state index contributed by atoms with van der Waals surface area (Å²) in [6.07, 6.45) is 4.20. The first kappa shape index (κ1) is 35.0. The van der Waals surface area contributed by atoms with Crippen molar-refractivity contribution in [3.8, 4) is 0 Å². The molecule has 0 bridgehead atoms. The average Bonchev–Trinajstić information content (AvgIpc) is 2.69. The van der Waals surface area contributed by atoms with Crippen LogP contribution in [0.5, 0.6) is 0 Å². The molecule has 0 aromatic rings. The highest BCUT2D eigenvalue weighted by Crippen LogP contribution is 2.01. The van der Waals surface area contributed by atoms with Gasteiger partial charge in [0, 0.05) is 25.7 Å². The Bertz CT molecular complexity index is 523. The van der Waals surface area contributed by atoms with Crippen molar-refractivity contribution in [2.24, 2.45) is 11.8 Å². The number of hydrogen-bond donors (Lipinski definition) is 0. The standard InChI is InChI=1S/3C8H14O3/c1-5(2)7(9)11-8(10)6(3)4;2*1-3-5-7(9)11-8(10)6-4-2/h5-6H,1-4H3;2*3-6H2,1-2H3. The van der Waals surface area contributed by atoms with Gasteiger partial charge in [-0.25, -0.2) is 0 Å². The van der Waals surface area contributed by atoms with Gasteiger partial charge in [-0.1, -0.05) is 55.4 Å². The summed E-state index contributed by atoms with van der Waals surface area (Å²) in [6, 6.07) is 0. The first-order valence-corrected chi connectivity index (χ1v) is 11.6. The molecule has 0 aliphatic heterocycles. The second-order valence-electron chi connectivity index (χ2n) is 7.74. The molecule has 0 radical (unpaired) electrons. The molecule has 0 saturated carbocycles. The van der Waals surface area contributed by atoms with Crippen molar-refractivity contribution in [3.05, 3.63) is 0 Å². The van der Waals surface area contributed by atoms with Crippen molar-refractivity contribution in [1.29, 1.82) is 0 Å². The zero-order chi connectivity index (χ0) is 26.4. The fourth-order valence-electron chi connectivity index (χ4n) is 1.61. The first-order chi connectivity index (χ1) is 15.4. The number of ether oxygens (including phenoxy) is 3. The van der Waals surface area contributed by atoms with E-state index in [1.165, 1.54) is 0 Å². The van der Waals surface area contributed by atoms with Gasteiger partial charge in [0.1, 0.15) is 0 Å². The Morgan fingerprint density at radius 3 is 0.818 bits per heavy atom. The van der Waals surface area contributed by atoms with Gasteiger partial charge in [-0.3, -0.25) is 28.8 Å². The first-order valence-electron chi connectivity index (χ1n) is 11.6. The van der Waals surface area contributed by atoms with Crippen molar-refractivity contribution in [3.63, 3.8) is 0 Å². The minimum absolute atomic E-state index is 0.238. The van der Waals surface area contributed by atoms with Crippen LogP contribution >= 0.6 is 0 Å². The highest BCUT2D eigenvalue weighted by molar-refractivity contribution is 5.87. The van der Waals surface area contributed by atoms with Crippen molar-refractivity contribution in [2.75, 3.05) is 0 Å². The number of carbonyl (C=O) groups excluding carboxylic acids is 6. The zero-order valence-electron chi connectivity index (χ0n) is 21.5. The summed E-state index contributed by atoms with van der Waals surface area (Å²) < 4.78 is 13.4. The van der Waals surface area contributed by atoms with E-state index in [1.54, 1.807) is 27.7 Å². The molecular formula is C24H42O9. The largest absolute Gasteiger partial charge is 0.393 e. The Kier molecular flexibility index (Phi) is 24.0. The van der Waals surface area contributed by atoms with E-state index in [-0.39, 0.29) is 11.8 Å². The van der Waals surface area contributed by atoms with Crippen LogP contribution in [0.4, 0.5) is 0 Å². The Labute approximate surface area is 197 Å². The minimum atomic E-state index is -0.455. The van der Waals surface area contributed by atoms with Crippen LogP contribution < -0.4 is 0 Å². The molecule has 9 nitrogen and oxygen atoms in total. The maximum Gasteiger partial charge on any atom is 0.316 e. The zero-order valence-corrected chi connectivity index (χ0v) is 21.5. The lowest BCUT2D eigenvalue weighted by Gasteiger charge is -2.06. The fraction of sp³-hybridized carbons (Fsp3) is 0.750. The summed E-state index contributed by atoms with van der Waals surface area (Å²) in [5.41, 5.74) is 0. The lowest BCUT2D eigenvalue weighted by atomic mass is 10.2. The summed E-state index contributed by atoms with van der Waals surface area (Å²) in [7, 11) is 0. The molecule has 0 unspecified atom stereocenters. The van der Waals surface area contributed by atoms with Gasteiger partial charge in [-0.15, -0.1) is 0 Å². The van der Waals surface area contributed by atoms with Crippen LogP contribution in [0.25, 0.3) is 0 Å². The van der Waals surface area contributed by atoms with Crippen LogP contribution in [-0.4, -0.2) is 35.8 Å². The molecule has 192 valence electrons. The van der Waals surface area contributed by atoms with Crippen LogP contribution in [0.1, 0.15) is 107 Å². The number of carbonyl (C=O) groups is 6. The monoisotopic (exact) mass is 474 g/mol. The third-order valence-corrected chi connectivity index (χ3v) is 3.42. The lowest BCUT2D eigenvalue weighted by Crippen LogP contribution is -2.20. The molecule has 9 heteroatoms. The van der Waals surface area contributed by atoms with Crippen molar-refractivity contribution in [2.45, 2.75) is 107 Å². The van der Waals surface area contributed by atoms with Crippen molar-refractivity contribution in [1.82, 2.24) is 0 Å². The van der Waals surface area contributed by atoms with Gasteiger partial charge in [0.15, 0.2) is 0 Å². The molecule has 0 atom stereocenters. The smallest absolute Gasteiger partial charge is 0.316 e. The Hall–Kier alpha value is -2.58. The van der Waals surface area contributed by atoms with Gasteiger partial charge in [-0.05, 0) is 25.7 Å². The van der Waals surface area contributed by atoms with Gasteiger partial charge < -0.3 is 14.2 Å². The van der Waals surface area contributed by atoms with E-state index in [2.05, 4.69) is 14.2 Å². The van der Waals surface area contributed by atoms with Gasteiger partial charge in [0.05, 0.1) is 11.8 Å². The van der Waals surface area contributed by atoms with E-state index in [0.717, 1.165) is 25.7 Å². The summed E-state index contributed by atoms with van der Waals surface area (Å²) in [6.45, 7) is 14.2. The molecule has 0 aliphatic carbocycles. The predicted molar refractivity (Wildman–Crippen MR) is 123 cm³/mol. The summed E-state index contributed by atoms with van der Waals surface area (Å²) in [5.74, 6) is -3.03. The molecule has 0 spiro atoms. The summed E-state index contributed by atoms with van der Waals surface area (Å²) in [4.78, 5) is 64.4. The van der Waals surface area contributed by atoms with E-state index in [0.29, 0.717) is 25.7 Å². The summed E-state index contributed by atoms with van der Waals surface area (Å²) in [5, 5.41) is 0. The second kappa shape index (κ2) is 22.6. The van der Waals surface area contributed by atoms with Crippen molar-refractivity contribution < 1.29 is 43.0 Å². The van der Waals surface area contributed by atoms with E-state index in [1.807, 2.05) is 27.7 Å². The third-order valence-electron chi connectivity index (χ3n) is 3.42. The van der Waals surface area contributed by atoms with Gasteiger partial charge in [-0.2, -0.15) is 0 Å². The SMILES string of the molecule is CC(C)C(=O)OC(=O)C(C)C.CCCC(=O)OC(=O)CCC.CCCC(=O)OC(=O)CCC. The third kappa shape index (κ3) is 25.6. The van der Waals surface area contributed by atoms with Crippen LogP contribution in [-0.2, 0) is 43.0 Å². The number of hydrogen-bond acceptors (Lipinski definition) is 9.